The number of hydrogen-bond acceptors (Lipinski definition) is 1. The summed E-state index contributed by atoms with van der Waals surface area (Å²) in [7, 11) is 0. The molecule has 1 aliphatic rings. The summed E-state index contributed by atoms with van der Waals surface area (Å²) < 4.78 is 0.754. The summed E-state index contributed by atoms with van der Waals surface area (Å²) in [6, 6.07) is 1.17. The first kappa shape index (κ1) is 9.33. The van der Waals surface area contributed by atoms with Gasteiger partial charge < -0.3 is 4.90 Å². The van der Waals surface area contributed by atoms with Gasteiger partial charge in [0.25, 0.3) is 0 Å². The summed E-state index contributed by atoms with van der Waals surface area (Å²) in [5, 5.41) is 0. The van der Waals surface area contributed by atoms with Gasteiger partial charge in [-0.25, -0.2) is 0 Å². The number of rotatable bonds is 0. The lowest BCUT2D eigenvalue weighted by Crippen LogP contribution is -2.44. The number of thiocarbonyl (C=S) groups is 1. The van der Waals surface area contributed by atoms with Gasteiger partial charge >= 0.3 is 0 Å². The molecule has 2 atom stereocenters. The van der Waals surface area contributed by atoms with Crippen molar-refractivity contribution >= 4 is 29.2 Å². The first-order chi connectivity index (χ1) is 5.13. The Hall–Kier alpha value is 0.240. The summed E-state index contributed by atoms with van der Waals surface area (Å²) in [6.45, 7) is 4.44. The minimum Gasteiger partial charge on any atom is -0.352 e. The van der Waals surface area contributed by atoms with Crippen LogP contribution in [0.4, 0.5) is 0 Å². The maximum Gasteiger partial charge on any atom is 0.133 e. The Balaban J connectivity index is 2.62. The molecule has 0 aromatic heterocycles. The summed E-state index contributed by atoms with van der Waals surface area (Å²) in [5.74, 6) is 0. The first-order valence-electron chi connectivity index (χ1n) is 4.14. The lowest BCUT2D eigenvalue weighted by atomic mass is 9.99. The second-order valence-corrected chi connectivity index (χ2v) is 4.43. The molecule has 1 fully saturated rings. The molecule has 1 rings (SSSR count). The highest BCUT2D eigenvalue weighted by Gasteiger charge is 2.24. The van der Waals surface area contributed by atoms with Crippen LogP contribution in [-0.2, 0) is 0 Å². The fraction of sp³-hybridized carbons (Fsp3) is 0.875. The lowest BCUT2D eigenvalue weighted by molar-refractivity contribution is 0.199. The van der Waals surface area contributed by atoms with Gasteiger partial charge in [-0.05, 0) is 33.1 Å². The monoisotopic (exact) mass is 189 g/mol. The molecule has 0 radical (unpaired) electrons. The van der Waals surface area contributed by atoms with E-state index in [1.54, 1.807) is 0 Å². The average molecular weight is 189 g/mol. The van der Waals surface area contributed by atoms with Crippen molar-refractivity contribution < 1.29 is 0 Å². The minimum atomic E-state index is 0.587. The zero-order chi connectivity index (χ0) is 8.43. The number of piperidine rings is 1. The summed E-state index contributed by atoms with van der Waals surface area (Å²) >= 11 is 9.28. The fourth-order valence-electron chi connectivity index (χ4n) is 1.80. The molecular weight excluding hydrogens is 174 g/mol. The fourth-order valence-corrected chi connectivity index (χ4v) is 2.55. The van der Waals surface area contributed by atoms with Crippen LogP contribution in [-0.4, -0.2) is 21.3 Å². The molecular formula is C8H15NS2. The van der Waals surface area contributed by atoms with Gasteiger partial charge in [0, 0.05) is 12.1 Å². The van der Waals surface area contributed by atoms with Crippen LogP contribution in [0.3, 0.4) is 0 Å². The molecule has 0 aliphatic carbocycles. The second kappa shape index (κ2) is 3.76. The van der Waals surface area contributed by atoms with E-state index in [0.29, 0.717) is 12.1 Å². The number of hydrogen-bond donors (Lipinski definition) is 1. The molecule has 3 heteroatoms. The Bertz CT molecular complexity index is 148. The number of thiol groups is 1. The summed E-state index contributed by atoms with van der Waals surface area (Å²) in [5.41, 5.74) is 0. The molecule has 1 nitrogen and oxygen atoms in total. The molecule has 0 unspecified atom stereocenters. The van der Waals surface area contributed by atoms with Crippen molar-refractivity contribution in [2.24, 2.45) is 0 Å². The highest BCUT2D eigenvalue weighted by molar-refractivity contribution is 8.10. The third-order valence-corrected chi connectivity index (χ3v) is 2.86. The molecule has 1 aliphatic heterocycles. The molecule has 0 N–H and O–H groups in total. The standard InChI is InChI=1S/C8H15NS2/c1-6-4-3-5-7(2)9(6)8(10)11/h6-7H,3-5H2,1-2H3,(H,10,11)/t6-,7-/m0/s1. The van der Waals surface area contributed by atoms with Crippen LogP contribution in [0.5, 0.6) is 0 Å². The molecule has 0 saturated carbocycles. The van der Waals surface area contributed by atoms with Crippen LogP contribution in [0.25, 0.3) is 0 Å². The summed E-state index contributed by atoms with van der Waals surface area (Å²) in [6.07, 6.45) is 3.84. The van der Waals surface area contributed by atoms with E-state index >= 15 is 0 Å². The Morgan fingerprint density at radius 3 is 2.09 bits per heavy atom. The smallest absolute Gasteiger partial charge is 0.133 e. The van der Waals surface area contributed by atoms with Crippen LogP contribution in [0.1, 0.15) is 33.1 Å². The van der Waals surface area contributed by atoms with Crippen molar-refractivity contribution in [3.63, 3.8) is 0 Å². The SMILES string of the molecule is C[C@H]1CCC[C@H](C)N1C(=S)S. The van der Waals surface area contributed by atoms with Crippen LogP contribution in [0, 0.1) is 0 Å². The molecule has 0 bridgehead atoms. The van der Waals surface area contributed by atoms with Crippen LogP contribution < -0.4 is 0 Å². The Morgan fingerprint density at radius 2 is 1.82 bits per heavy atom. The van der Waals surface area contributed by atoms with E-state index in [2.05, 4.69) is 31.4 Å². The van der Waals surface area contributed by atoms with E-state index in [9.17, 15) is 0 Å². The predicted molar refractivity (Wildman–Crippen MR) is 56.2 cm³/mol. The zero-order valence-electron chi connectivity index (χ0n) is 7.08. The maximum atomic E-state index is 5.06. The molecule has 64 valence electrons. The normalized spacial score (nSPS) is 32.1. The zero-order valence-corrected chi connectivity index (χ0v) is 8.79. The van der Waals surface area contributed by atoms with Gasteiger partial charge in [-0.2, -0.15) is 0 Å². The van der Waals surface area contributed by atoms with Crippen molar-refractivity contribution in [2.75, 3.05) is 0 Å². The van der Waals surface area contributed by atoms with Gasteiger partial charge in [0.1, 0.15) is 4.32 Å². The molecule has 0 aromatic rings. The van der Waals surface area contributed by atoms with Crippen LogP contribution in [0.2, 0.25) is 0 Å². The van der Waals surface area contributed by atoms with E-state index in [1.807, 2.05) is 0 Å². The Morgan fingerprint density at radius 1 is 1.36 bits per heavy atom. The van der Waals surface area contributed by atoms with Crippen molar-refractivity contribution in [1.82, 2.24) is 4.90 Å². The van der Waals surface area contributed by atoms with Crippen LogP contribution in [0.15, 0.2) is 0 Å². The van der Waals surface area contributed by atoms with E-state index < -0.39 is 0 Å². The Kier molecular flexibility index (Phi) is 3.19. The van der Waals surface area contributed by atoms with Crippen molar-refractivity contribution in [1.29, 1.82) is 0 Å². The average Bonchev–Trinajstić information content (AvgIpc) is 1.85. The van der Waals surface area contributed by atoms with E-state index in [1.165, 1.54) is 19.3 Å². The quantitative estimate of drug-likeness (QED) is 0.460. The van der Waals surface area contributed by atoms with Gasteiger partial charge in [-0.1, -0.05) is 12.2 Å². The van der Waals surface area contributed by atoms with Crippen molar-refractivity contribution in [3.8, 4) is 0 Å². The van der Waals surface area contributed by atoms with Crippen LogP contribution >= 0.6 is 24.8 Å². The third-order valence-electron chi connectivity index (χ3n) is 2.41. The van der Waals surface area contributed by atoms with E-state index in [0.717, 1.165) is 4.32 Å². The van der Waals surface area contributed by atoms with Gasteiger partial charge in [-0.15, -0.1) is 12.6 Å². The number of likely N-dealkylation sites (tertiary alicyclic amines) is 1. The molecule has 1 heterocycles. The Labute approximate surface area is 79.6 Å². The van der Waals surface area contributed by atoms with Gasteiger partial charge in [0.05, 0.1) is 0 Å². The third kappa shape index (κ3) is 2.09. The molecule has 11 heavy (non-hydrogen) atoms. The van der Waals surface area contributed by atoms with Crippen molar-refractivity contribution in [2.45, 2.75) is 45.2 Å². The minimum absolute atomic E-state index is 0.587. The van der Waals surface area contributed by atoms with Gasteiger partial charge in [0.2, 0.25) is 0 Å². The number of nitrogens with zero attached hydrogens (tertiary/aromatic N) is 1. The highest BCUT2D eigenvalue weighted by Crippen LogP contribution is 2.23. The molecule has 0 aromatic carbocycles. The van der Waals surface area contributed by atoms with Crippen molar-refractivity contribution in [3.05, 3.63) is 0 Å². The van der Waals surface area contributed by atoms with E-state index in [4.69, 9.17) is 12.2 Å². The maximum absolute atomic E-state index is 5.06. The predicted octanol–water partition coefficient (Wildman–Crippen LogP) is 2.46. The lowest BCUT2D eigenvalue weighted by Gasteiger charge is -2.39. The molecule has 0 spiro atoms. The first-order valence-corrected chi connectivity index (χ1v) is 4.99. The van der Waals surface area contributed by atoms with Gasteiger partial charge in [0.15, 0.2) is 0 Å². The molecule has 1 saturated heterocycles. The van der Waals surface area contributed by atoms with E-state index in [-0.39, 0.29) is 0 Å². The highest BCUT2D eigenvalue weighted by atomic mass is 32.1. The largest absolute Gasteiger partial charge is 0.352 e. The molecule has 0 amide bonds. The van der Waals surface area contributed by atoms with Gasteiger partial charge in [-0.3, -0.25) is 0 Å². The summed E-state index contributed by atoms with van der Waals surface area (Å²) in [4.78, 5) is 2.24. The second-order valence-electron chi connectivity index (χ2n) is 3.32. The topological polar surface area (TPSA) is 3.24 Å².